The van der Waals surface area contributed by atoms with E-state index >= 15 is 0 Å². The first-order valence-electron chi connectivity index (χ1n) is 14.1. The van der Waals surface area contributed by atoms with Gasteiger partial charge in [0.15, 0.2) is 0 Å². The molecule has 0 heterocycles. The Bertz CT molecular complexity index is 1100. The Hall–Kier alpha value is -2.83. The average molecular weight is 633 g/mol. The smallest absolute Gasteiger partial charge is 0.0686 e. The van der Waals surface area contributed by atoms with Crippen LogP contribution in [0.1, 0.15) is 20.3 Å². The molecule has 0 atom stereocenters. The van der Waals surface area contributed by atoms with Crippen molar-refractivity contribution >= 4 is 16.1 Å². The summed E-state index contributed by atoms with van der Waals surface area (Å²) in [6.07, 6.45) is 12.2. The third kappa shape index (κ3) is 24.9. The van der Waals surface area contributed by atoms with Crippen molar-refractivity contribution in [2.24, 2.45) is 5.41 Å². The van der Waals surface area contributed by atoms with Crippen molar-refractivity contribution in [3.63, 3.8) is 0 Å². The maximum Gasteiger partial charge on any atom is 0.0686 e. The summed E-state index contributed by atoms with van der Waals surface area (Å²) in [5, 5.41) is 30.8. The summed E-state index contributed by atoms with van der Waals surface area (Å²) in [6, 6.07) is 25.0. The number of rotatable bonds is 3. The van der Waals surface area contributed by atoms with Crippen LogP contribution in [0.25, 0.3) is 0 Å². The molecule has 0 saturated heterocycles. The predicted octanol–water partition coefficient (Wildman–Crippen LogP) is 8.54. The van der Waals surface area contributed by atoms with Crippen molar-refractivity contribution in [3.8, 4) is 17.2 Å². The molecule has 1 aliphatic rings. The van der Waals surface area contributed by atoms with E-state index in [1.165, 1.54) is 46.7 Å². The second-order valence-corrected chi connectivity index (χ2v) is 23.5. The van der Waals surface area contributed by atoms with Crippen molar-refractivity contribution in [3.05, 3.63) is 137 Å². The first-order valence-corrected chi connectivity index (χ1v) is 22.1. The van der Waals surface area contributed by atoms with Crippen LogP contribution in [-0.2, 0) is 20.4 Å². The number of hydrogen-bond donors (Lipinski definition) is 0. The molecule has 0 N–H and O–H groups in total. The van der Waals surface area contributed by atoms with Gasteiger partial charge in [-0.2, -0.15) is 0 Å². The molecule has 1 aliphatic carbocycles. The van der Waals surface area contributed by atoms with Crippen molar-refractivity contribution in [1.29, 1.82) is 0 Å². The molecule has 3 aromatic rings. The van der Waals surface area contributed by atoms with E-state index in [9.17, 15) is 15.3 Å². The quantitative estimate of drug-likeness (QED) is 0.215. The molecule has 6 heteroatoms. The van der Waals surface area contributed by atoms with Gasteiger partial charge in [-0.3, -0.25) is 0 Å². The van der Waals surface area contributed by atoms with Gasteiger partial charge in [0, 0.05) is 0 Å². The molecule has 222 valence electrons. The van der Waals surface area contributed by atoms with E-state index in [1.807, 2.05) is 18.2 Å². The van der Waals surface area contributed by atoms with Crippen molar-refractivity contribution in [2.45, 2.75) is 59.6 Å². The van der Waals surface area contributed by atoms with Gasteiger partial charge >= 0.3 is 68.2 Å². The molecule has 0 spiro atoms. The molecule has 0 unspecified atom stereocenters. The average Bonchev–Trinajstić information content (AvgIpc) is 2.90. The Labute approximate surface area is 269 Å². The fraction of sp³-hybridized carbons (Fsp3) is 0.278. The molecular formula is C36H48O3Si2Ti. The van der Waals surface area contributed by atoms with E-state index in [0.717, 1.165) is 0 Å². The van der Waals surface area contributed by atoms with Crippen LogP contribution in [0, 0.1) is 5.41 Å². The minimum Gasteiger partial charge on any atom is -0.872 e. The topological polar surface area (TPSA) is 69.2 Å². The maximum absolute atomic E-state index is 10.3. The summed E-state index contributed by atoms with van der Waals surface area (Å²) in [7, 11) is -1.94. The van der Waals surface area contributed by atoms with Crippen LogP contribution in [0.2, 0.25) is 39.3 Å². The van der Waals surface area contributed by atoms with E-state index in [0.29, 0.717) is 5.41 Å². The van der Waals surface area contributed by atoms with Crippen LogP contribution >= 0.6 is 0 Å². The molecule has 0 saturated carbocycles. The second kappa shape index (κ2) is 21.0. The van der Waals surface area contributed by atoms with Crippen molar-refractivity contribution in [2.75, 3.05) is 0 Å². The molecular weight excluding hydrogens is 584 g/mol. The van der Waals surface area contributed by atoms with Crippen LogP contribution in [0.15, 0.2) is 137 Å². The van der Waals surface area contributed by atoms with E-state index in [2.05, 4.69) is 115 Å². The van der Waals surface area contributed by atoms with Crippen molar-refractivity contribution < 1.29 is 35.8 Å². The van der Waals surface area contributed by atoms with Crippen LogP contribution < -0.4 is 15.3 Å². The monoisotopic (exact) mass is 632 g/mol. The third-order valence-corrected chi connectivity index (χ3v) is 8.99. The SMILES string of the molecule is CC1(C)CC=CC=[C]1[Ti+3].C[Si](C)(C)C=CC=C[Si](C)(C)C.[O-]c1ccccc1.[O-]c1ccccc1.[O-]c1ccccc1. The molecule has 0 amide bonds. The molecule has 0 aromatic heterocycles. The largest absolute Gasteiger partial charge is 0.872 e. The Kier molecular flexibility index (Phi) is 19.5. The van der Waals surface area contributed by atoms with Gasteiger partial charge in [0.1, 0.15) is 0 Å². The van der Waals surface area contributed by atoms with E-state index in [4.69, 9.17) is 0 Å². The second-order valence-electron chi connectivity index (χ2n) is 12.5. The van der Waals surface area contributed by atoms with Gasteiger partial charge in [-0.15, -0.1) is 17.2 Å². The molecule has 0 radical (unpaired) electrons. The van der Waals surface area contributed by atoms with Crippen molar-refractivity contribution in [1.82, 2.24) is 0 Å². The molecule has 0 aliphatic heterocycles. The first kappa shape index (κ1) is 39.2. The first-order chi connectivity index (χ1) is 19.5. The zero-order valence-electron chi connectivity index (χ0n) is 26.6. The molecule has 0 bridgehead atoms. The van der Waals surface area contributed by atoms with E-state index in [1.54, 1.807) is 36.4 Å². The zero-order valence-corrected chi connectivity index (χ0v) is 30.2. The van der Waals surface area contributed by atoms with Gasteiger partial charge in [0.2, 0.25) is 0 Å². The summed E-state index contributed by atoms with van der Waals surface area (Å²) >= 11 is 2.20. The number of benzene rings is 3. The Balaban J connectivity index is 0.000000508. The number of allylic oxidation sites excluding steroid dienone is 6. The van der Waals surface area contributed by atoms with Gasteiger partial charge in [0.25, 0.3) is 0 Å². The standard InChI is InChI=1S/C10H22Si2.C8H11.3C6H6O.Ti/c1-11(2,3)9-7-8-10-12(4,5)6;1-8(2)6-4-3-5-7-8;3*7-6-4-2-1-3-5-6;/h7-10H,1-6H3;3-5H,6H2,1-2H3;3*1-5,7H;/q;;;;;+3/p-3. The third-order valence-electron chi connectivity index (χ3n) is 5.29. The van der Waals surface area contributed by atoms with E-state index < -0.39 is 16.1 Å². The molecule has 3 nitrogen and oxygen atoms in total. The van der Waals surface area contributed by atoms with Gasteiger partial charge in [0.05, 0.1) is 16.1 Å². The number of para-hydroxylation sites is 3. The van der Waals surface area contributed by atoms with Crippen LogP contribution in [0.3, 0.4) is 0 Å². The van der Waals surface area contributed by atoms with Gasteiger partial charge in [-0.05, 0) is 0 Å². The molecule has 0 fully saturated rings. The maximum atomic E-state index is 10.3. The van der Waals surface area contributed by atoms with Crippen LogP contribution in [0.5, 0.6) is 17.2 Å². The fourth-order valence-corrected chi connectivity index (χ4v) is 4.50. The summed E-state index contributed by atoms with van der Waals surface area (Å²) in [6.45, 7) is 18.7. The summed E-state index contributed by atoms with van der Waals surface area (Å²) < 4.78 is 1.49. The summed E-state index contributed by atoms with van der Waals surface area (Å²) in [5.41, 5.74) is 5.17. The molecule has 42 heavy (non-hydrogen) atoms. The van der Waals surface area contributed by atoms with Gasteiger partial charge in [-0.25, -0.2) is 0 Å². The Morgan fingerprint density at radius 1 is 0.595 bits per heavy atom. The fourth-order valence-electron chi connectivity index (χ4n) is 2.81. The van der Waals surface area contributed by atoms with Crippen LogP contribution in [-0.4, -0.2) is 16.1 Å². The normalized spacial score (nSPS) is 13.6. The summed E-state index contributed by atoms with van der Waals surface area (Å²) in [4.78, 5) is 0. The minimum absolute atomic E-state index is 0.0718. The molecule has 4 rings (SSSR count). The zero-order chi connectivity index (χ0) is 32.1. The van der Waals surface area contributed by atoms with Crippen LogP contribution in [0.4, 0.5) is 0 Å². The summed E-state index contributed by atoms with van der Waals surface area (Å²) in [5.74, 6) is 0.215. The Morgan fingerprint density at radius 2 is 0.905 bits per heavy atom. The Morgan fingerprint density at radius 3 is 1.07 bits per heavy atom. The predicted molar refractivity (Wildman–Crippen MR) is 178 cm³/mol. The van der Waals surface area contributed by atoms with Gasteiger partial charge < -0.3 is 15.3 Å². The molecule has 3 aromatic carbocycles. The minimum atomic E-state index is -0.970. The van der Waals surface area contributed by atoms with Gasteiger partial charge in [-0.1, -0.05) is 154 Å². The number of hydrogen-bond acceptors (Lipinski definition) is 3. The van der Waals surface area contributed by atoms with E-state index in [-0.39, 0.29) is 17.2 Å².